The van der Waals surface area contributed by atoms with Crippen LogP contribution in [0.3, 0.4) is 0 Å². The van der Waals surface area contributed by atoms with E-state index in [1.54, 1.807) is 30.1 Å². The van der Waals surface area contributed by atoms with E-state index in [-0.39, 0.29) is 43.0 Å². The molecule has 0 spiro atoms. The van der Waals surface area contributed by atoms with Gasteiger partial charge in [0.25, 0.3) is 5.91 Å². The van der Waals surface area contributed by atoms with E-state index in [2.05, 4.69) is 0 Å². The number of hydrogen-bond donors (Lipinski definition) is 1. The lowest BCUT2D eigenvalue weighted by Gasteiger charge is -2.35. The zero-order valence-electron chi connectivity index (χ0n) is 24.8. The van der Waals surface area contributed by atoms with E-state index in [1.165, 1.54) is 4.31 Å². The molecule has 1 aliphatic rings. The van der Waals surface area contributed by atoms with Crippen molar-refractivity contribution < 1.29 is 23.1 Å². The highest BCUT2D eigenvalue weighted by atomic mass is 32.2. The van der Waals surface area contributed by atoms with Crippen LogP contribution >= 0.6 is 0 Å². The SMILES string of the molecule is Cc1cccc(S(=O)(=O)N(C)C[C@H]2OCc3ccccc3-c3c(n(C)c4ccccc34)C(=O)N([C@@H](C)CO)C[C@H]2C)c1. The maximum atomic E-state index is 14.5. The molecule has 3 atom stereocenters. The number of aryl methyl sites for hydroxylation is 2. The summed E-state index contributed by atoms with van der Waals surface area (Å²) in [5.41, 5.74) is 4.98. The molecule has 0 unspecified atom stereocenters. The van der Waals surface area contributed by atoms with Crippen LogP contribution in [-0.2, 0) is 28.4 Å². The number of fused-ring (bicyclic) bond motifs is 5. The van der Waals surface area contributed by atoms with Crippen molar-refractivity contribution in [2.45, 2.75) is 44.4 Å². The second-order valence-electron chi connectivity index (χ2n) is 11.4. The summed E-state index contributed by atoms with van der Waals surface area (Å²) in [4.78, 5) is 16.4. The lowest BCUT2D eigenvalue weighted by molar-refractivity contribution is -0.0147. The molecule has 3 aromatic carbocycles. The van der Waals surface area contributed by atoms with E-state index < -0.39 is 22.2 Å². The van der Waals surface area contributed by atoms with E-state index in [0.29, 0.717) is 5.69 Å². The summed E-state index contributed by atoms with van der Waals surface area (Å²) in [6.45, 7) is 6.07. The van der Waals surface area contributed by atoms with Gasteiger partial charge in [0.15, 0.2) is 0 Å². The van der Waals surface area contributed by atoms with Gasteiger partial charge in [-0.25, -0.2) is 8.42 Å². The fourth-order valence-electron chi connectivity index (χ4n) is 5.83. The first kappa shape index (κ1) is 30.0. The molecule has 5 rings (SSSR count). The minimum Gasteiger partial charge on any atom is -0.394 e. The third kappa shape index (κ3) is 5.49. The summed E-state index contributed by atoms with van der Waals surface area (Å²) in [6, 6.07) is 22.2. The summed E-state index contributed by atoms with van der Waals surface area (Å²) < 4.78 is 36.8. The Morgan fingerprint density at radius 3 is 2.52 bits per heavy atom. The summed E-state index contributed by atoms with van der Waals surface area (Å²) >= 11 is 0. The molecule has 1 aromatic heterocycles. The van der Waals surface area contributed by atoms with Crippen molar-refractivity contribution in [1.82, 2.24) is 13.8 Å². The average molecular weight is 590 g/mol. The largest absolute Gasteiger partial charge is 0.394 e. The van der Waals surface area contributed by atoms with Gasteiger partial charge < -0.3 is 19.3 Å². The number of carbonyl (C=O) groups excluding carboxylic acids is 1. The molecular formula is C33H39N3O5S. The third-order valence-electron chi connectivity index (χ3n) is 8.36. The lowest BCUT2D eigenvalue weighted by Crippen LogP contribution is -2.48. The minimum absolute atomic E-state index is 0.102. The van der Waals surface area contributed by atoms with Gasteiger partial charge in [0.2, 0.25) is 10.0 Å². The molecule has 1 amide bonds. The standard InChI is InChI=1S/C33H39N3O5S/c1-22-11-10-13-26(17-22)42(39,40)34(4)19-30-23(2)18-36(24(3)20-37)33(38)32-31(27-14-7-6-12-25(27)21-41-30)28-15-8-9-16-29(28)35(32)5/h6-17,23-24,30,37H,18-21H2,1-5H3/t23-,24+,30-/m1/s1. The van der Waals surface area contributed by atoms with Crippen LogP contribution in [0, 0.1) is 12.8 Å². The van der Waals surface area contributed by atoms with Crippen LogP contribution in [0.2, 0.25) is 0 Å². The number of rotatable bonds is 6. The smallest absolute Gasteiger partial charge is 0.271 e. The minimum atomic E-state index is -3.77. The number of likely N-dealkylation sites (N-methyl/N-ethyl adjacent to an activating group) is 1. The molecule has 1 aliphatic heterocycles. The van der Waals surface area contributed by atoms with Crippen LogP contribution in [0.1, 0.15) is 35.5 Å². The summed E-state index contributed by atoms with van der Waals surface area (Å²) in [6.07, 6.45) is -0.526. The Morgan fingerprint density at radius 1 is 1.07 bits per heavy atom. The number of amides is 1. The van der Waals surface area contributed by atoms with Crippen LogP contribution < -0.4 is 0 Å². The molecule has 4 aromatic rings. The number of carbonyl (C=O) groups is 1. The second-order valence-corrected chi connectivity index (χ2v) is 13.4. The topological polar surface area (TPSA) is 92.1 Å². The Labute approximate surface area is 248 Å². The van der Waals surface area contributed by atoms with E-state index >= 15 is 0 Å². The predicted octanol–water partition coefficient (Wildman–Crippen LogP) is 4.83. The first-order chi connectivity index (χ1) is 20.0. The number of benzene rings is 3. The molecule has 0 saturated heterocycles. The zero-order chi connectivity index (χ0) is 30.2. The number of hydrogen-bond acceptors (Lipinski definition) is 5. The monoisotopic (exact) mass is 589 g/mol. The number of nitrogens with zero attached hydrogens (tertiary/aromatic N) is 3. The van der Waals surface area contributed by atoms with Crippen LogP contribution in [0.15, 0.2) is 77.7 Å². The highest BCUT2D eigenvalue weighted by Gasteiger charge is 2.34. The van der Waals surface area contributed by atoms with Crippen molar-refractivity contribution >= 4 is 26.8 Å². The molecule has 0 radical (unpaired) electrons. The maximum Gasteiger partial charge on any atom is 0.271 e. The number of para-hydroxylation sites is 1. The molecule has 0 aliphatic carbocycles. The number of sulfonamides is 1. The van der Waals surface area contributed by atoms with E-state index in [4.69, 9.17) is 4.74 Å². The van der Waals surface area contributed by atoms with Crippen molar-refractivity contribution in [3.05, 3.63) is 89.6 Å². The van der Waals surface area contributed by atoms with Gasteiger partial charge in [0, 0.05) is 49.6 Å². The molecule has 9 heteroatoms. The molecule has 0 saturated carbocycles. The van der Waals surface area contributed by atoms with Gasteiger partial charge in [-0.05, 0) is 48.7 Å². The third-order valence-corrected chi connectivity index (χ3v) is 10.2. The molecule has 42 heavy (non-hydrogen) atoms. The number of aromatic nitrogens is 1. The van der Waals surface area contributed by atoms with E-state index in [1.807, 2.05) is 87.0 Å². The molecule has 2 heterocycles. The van der Waals surface area contributed by atoms with Gasteiger partial charge in [0.05, 0.1) is 30.3 Å². The molecule has 222 valence electrons. The van der Waals surface area contributed by atoms with Crippen molar-refractivity contribution in [2.75, 3.05) is 26.7 Å². The number of ether oxygens (including phenoxy) is 1. The van der Waals surface area contributed by atoms with Crippen LogP contribution in [-0.4, -0.2) is 72.1 Å². The highest BCUT2D eigenvalue weighted by Crippen LogP contribution is 2.38. The normalized spacial score (nSPS) is 18.9. The Kier molecular flexibility index (Phi) is 8.57. The van der Waals surface area contributed by atoms with Gasteiger partial charge in [-0.15, -0.1) is 0 Å². The molecule has 0 bridgehead atoms. The Bertz CT molecular complexity index is 1710. The zero-order valence-corrected chi connectivity index (χ0v) is 25.6. The van der Waals surface area contributed by atoms with E-state index in [0.717, 1.165) is 33.2 Å². The maximum absolute atomic E-state index is 14.5. The van der Waals surface area contributed by atoms with Crippen molar-refractivity contribution in [3.8, 4) is 11.1 Å². The van der Waals surface area contributed by atoms with Crippen LogP contribution in [0.5, 0.6) is 0 Å². The predicted molar refractivity (Wildman–Crippen MR) is 165 cm³/mol. The Hall–Kier alpha value is -3.50. The quantitative estimate of drug-likeness (QED) is 0.348. The van der Waals surface area contributed by atoms with Crippen molar-refractivity contribution in [2.24, 2.45) is 13.0 Å². The fraction of sp³-hybridized carbons (Fsp3) is 0.364. The highest BCUT2D eigenvalue weighted by molar-refractivity contribution is 7.89. The van der Waals surface area contributed by atoms with Gasteiger partial charge in [-0.2, -0.15) is 4.31 Å². The fourth-order valence-corrected chi connectivity index (χ4v) is 7.12. The molecule has 8 nitrogen and oxygen atoms in total. The first-order valence-corrected chi connectivity index (χ1v) is 15.7. The summed E-state index contributed by atoms with van der Waals surface area (Å²) in [5.74, 6) is -0.435. The van der Waals surface area contributed by atoms with Crippen molar-refractivity contribution in [1.29, 1.82) is 0 Å². The Morgan fingerprint density at radius 2 is 1.79 bits per heavy atom. The second kappa shape index (κ2) is 12.0. The van der Waals surface area contributed by atoms with Gasteiger partial charge in [-0.3, -0.25) is 4.79 Å². The Balaban J connectivity index is 1.61. The lowest BCUT2D eigenvalue weighted by atomic mass is 9.96. The molecule has 1 N–H and O–H groups in total. The van der Waals surface area contributed by atoms with Gasteiger partial charge in [0.1, 0.15) is 5.69 Å². The van der Waals surface area contributed by atoms with E-state index in [9.17, 15) is 18.3 Å². The van der Waals surface area contributed by atoms with Crippen molar-refractivity contribution in [3.63, 3.8) is 0 Å². The summed E-state index contributed by atoms with van der Waals surface area (Å²) in [7, 11) is -0.307. The van der Waals surface area contributed by atoms with Crippen LogP contribution in [0.25, 0.3) is 22.0 Å². The van der Waals surface area contributed by atoms with Crippen LogP contribution in [0.4, 0.5) is 0 Å². The average Bonchev–Trinajstić information content (AvgIpc) is 3.28. The number of aliphatic hydroxyl groups is 1. The number of aliphatic hydroxyl groups excluding tert-OH is 1. The summed E-state index contributed by atoms with van der Waals surface area (Å²) in [5, 5.41) is 11.2. The van der Waals surface area contributed by atoms with Gasteiger partial charge >= 0.3 is 0 Å². The van der Waals surface area contributed by atoms with Gasteiger partial charge in [-0.1, -0.05) is 61.5 Å². The first-order valence-electron chi connectivity index (χ1n) is 14.3. The molecular weight excluding hydrogens is 550 g/mol. The molecule has 0 fully saturated rings.